The molecule has 1 aromatic carbocycles. The highest BCUT2D eigenvalue weighted by molar-refractivity contribution is 5.84. The third-order valence-corrected chi connectivity index (χ3v) is 2.63. The molecule has 1 N–H and O–H groups in total. The molecule has 2 rings (SSSR count). The lowest BCUT2D eigenvalue weighted by Crippen LogP contribution is -2.10. The van der Waals surface area contributed by atoms with Crippen molar-refractivity contribution in [1.29, 1.82) is 0 Å². The van der Waals surface area contributed by atoms with Crippen LogP contribution < -0.4 is 14.8 Å². The van der Waals surface area contributed by atoms with Crippen LogP contribution in [0.1, 0.15) is 13.8 Å². The zero-order valence-corrected chi connectivity index (χ0v) is 11.2. The monoisotopic (exact) mass is 246 g/mol. The zero-order valence-electron chi connectivity index (χ0n) is 11.2. The molecule has 0 saturated heterocycles. The van der Waals surface area contributed by atoms with Gasteiger partial charge in [-0.3, -0.25) is 0 Å². The van der Waals surface area contributed by atoms with Crippen LogP contribution >= 0.6 is 0 Å². The van der Waals surface area contributed by atoms with Crippen molar-refractivity contribution < 1.29 is 9.47 Å². The largest absolute Gasteiger partial charge is 0.493 e. The van der Waals surface area contributed by atoms with E-state index in [-0.39, 0.29) is 0 Å². The van der Waals surface area contributed by atoms with Gasteiger partial charge in [0, 0.05) is 17.5 Å². The Morgan fingerprint density at radius 1 is 1.06 bits per heavy atom. The highest BCUT2D eigenvalue weighted by atomic mass is 16.5. The van der Waals surface area contributed by atoms with Crippen LogP contribution in [0.3, 0.4) is 0 Å². The Bertz CT molecular complexity index is 553. The summed E-state index contributed by atoms with van der Waals surface area (Å²) in [5.41, 5.74) is 0.887. The van der Waals surface area contributed by atoms with Gasteiger partial charge in [-0.1, -0.05) is 0 Å². The molecule has 1 heterocycles. The molecule has 0 spiro atoms. The minimum atomic E-state index is 0.357. The van der Waals surface area contributed by atoms with Gasteiger partial charge in [-0.05, 0) is 32.0 Å². The van der Waals surface area contributed by atoms with Gasteiger partial charge in [-0.25, -0.2) is 4.98 Å². The lowest BCUT2D eigenvalue weighted by molar-refractivity contribution is 0.356. The van der Waals surface area contributed by atoms with Gasteiger partial charge in [-0.15, -0.1) is 0 Å². The summed E-state index contributed by atoms with van der Waals surface area (Å²) in [6.45, 7) is 4.17. The van der Waals surface area contributed by atoms with E-state index in [1.54, 1.807) is 14.2 Å². The Hall–Kier alpha value is -1.97. The normalized spacial score (nSPS) is 10.7. The molecule has 0 bridgehead atoms. The summed E-state index contributed by atoms with van der Waals surface area (Å²) in [6.07, 6.45) is 0. The number of rotatable bonds is 4. The van der Waals surface area contributed by atoms with E-state index in [1.165, 1.54) is 0 Å². The van der Waals surface area contributed by atoms with E-state index in [0.29, 0.717) is 11.8 Å². The smallest absolute Gasteiger partial charge is 0.162 e. The molecule has 4 nitrogen and oxygen atoms in total. The first kappa shape index (κ1) is 12.5. The maximum atomic E-state index is 5.28. The van der Waals surface area contributed by atoms with Gasteiger partial charge in [-0.2, -0.15) is 0 Å². The van der Waals surface area contributed by atoms with E-state index in [1.807, 2.05) is 24.3 Å². The van der Waals surface area contributed by atoms with Gasteiger partial charge in [0.15, 0.2) is 11.5 Å². The van der Waals surface area contributed by atoms with Gasteiger partial charge < -0.3 is 14.8 Å². The molecule has 0 saturated carbocycles. The molecular weight excluding hydrogens is 228 g/mol. The van der Waals surface area contributed by atoms with E-state index in [9.17, 15) is 0 Å². The molecule has 0 fully saturated rings. The van der Waals surface area contributed by atoms with Crippen molar-refractivity contribution in [2.24, 2.45) is 0 Å². The quantitative estimate of drug-likeness (QED) is 0.900. The van der Waals surface area contributed by atoms with Gasteiger partial charge in [0.25, 0.3) is 0 Å². The maximum absolute atomic E-state index is 5.28. The summed E-state index contributed by atoms with van der Waals surface area (Å²) >= 11 is 0. The molecular formula is C14H18N2O2. The van der Waals surface area contributed by atoms with E-state index in [4.69, 9.17) is 9.47 Å². The van der Waals surface area contributed by atoms with Crippen molar-refractivity contribution in [3.63, 3.8) is 0 Å². The van der Waals surface area contributed by atoms with Crippen LogP contribution in [0.15, 0.2) is 24.3 Å². The van der Waals surface area contributed by atoms with E-state index < -0.39 is 0 Å². The lowest BCUT2D eigenvalue weighted by Gasteiger charge is -2.12. The number of aromatic nitrogens is 1. The molecule has 4 heteroatoms. The van der Waals surface area contributed by atoms with Gasteiger partial charge >= 0.3 is 0 Å². The highest BCUT2D eigenvalue weighted by Gasteiger charge is 2.07. The Kier molecular flexibility index (Phi) is 3.55. The summed E-state index contributed by atoms with van der Waals surface area (Å²) in [7, 11) is 3.26. The number of hydrogen-bond donors (Lipinski definition) is 1. The number of anilines is 1. The third-order valence-electron chi connectivity index (χ3n) is 2.63. The summed E-state index contributed by atoms with van der Waals surface area (Å²) in [4.78, 5) is 4.55. The Morgan fingerprint density at radius 2 is 1.72 bits per heavy atom. The molecule has 1 aromatic heterocycles. The lowest BCUT2D eigenvalue weighted by atomic mass is 10.2. The molecule has 96 valence electrons. The maximum Gasteiger partial charge on any atom is 0.162 e. The second-order valence-electron chi connectivity index (χ2n) is 4.40. The number of nitrogens with one attached hydrogen (secondary N) is 1. The second kappa shape index (κ2) is 5.12. The summed E-state index contributed by atoms with van der Waals surface area (Å²) in [6, 6.07) is 8.17. The predicted octanol–water partition coefficient (Wildman–Crippen LogP) is 3.07. The van der Waals surface area contributed by atoms with Gasteiger partial charge in [0.2, 0.25) is 0 Å². The van der Waals surface area contributed by atoms with Crippen LogP contribution in [0.25, 0.3) is 10.9 Å². The average molecular weight is 246 g/mol. The van der Waals surface area contributed by atoms with Gasteiger partial charge in [0.1, 0.15) is 5.82 Å². The number of methoxy groups -OCH3 is 2. The second-order valence-corrected chi connectivity index (χ2v) is 4.40. The Balaban J connectivity index is 2.49. The molecule has 0 aliphatic rings. The van der Waals surface area contributed by atoms with E-state index >= 15 is 0 Å². The zero-order chi connectivity index (χ0) is 13.1. The minimum Gasteiger partial charge on any atom is -0.493 e. The molecule has 0 aliphatic heterocycles. The fourth-order valence-electron chi connectivity index (χ4n) is 1.83. The number of benzene rings is 1. The fourth-order valence-corrected chi connectivity index (χ4v) is 1.83. The van der Waals surface area contributed by atoms with Crippen LogP contribution in [0.2, 0.25) is 0 Å². The topological polar surface area (TPSA) is 43.4 Å². The van der Waals surface area contributed by atoms with Crippen LogP contribution in [0.5, 0.6) is 11.5 Å². The van der Waals surface area contributed by atoms with Crippen LogP contribution in [-0.4, -0.2) is 25.2 Å². The highest BCUT2D eigenvalue weighted by Crippen LogP contribution is 2.31. The van der Waals surface area contributed by atoms with Crippen molar-refractivity contribution in [2.75, 3.05) is 19.5 Å². The first-order valence-corrected chi connectivity index (χ1v) is 5.93. The van der Waals surface area contributed by atoms with Crippen LogP contribution in [0.4, 0.5) is 5.82 Å². The minimum absolute atomic E-state index is 0.357. The Morgan fingerprint density at radius 3 is 2.33 bits per heavy atom. The summed E-state index contributed by atoms with van der Waals surface area (Å²) < 4.78 is 10.6. The van der Waals surface area contributed by atoms with Crippen molar-refractivity contribution in [3.8, 4) is 11.5 Å². The molecule has 0 aliphatic carbocycles. The summed E-state index contributed by atoms with van der Waals surface area (Å²) in [5.74, 6) is 2.28. The molecule has 0 radical (unpaired) electrons. The first-order valence-electron chi connectivity index (χ1n) is 5.93. The van der Waals surface area contributed by atoms with E-state index in [0.717, 1.165) is 22.5 Å². The number of ether oxygens (including phenoxy) is 2. The van der Waals surface area contributed by atoms with Crippen LogP contribution in [0, 0.1) is 0 Å². The SMILES string of the molecule is COc1cc2ccc(NC(C)C)nc2cc1OC. The number of nitrogens with zero attached hydrogens (tertiary/aromatic N) is 1. The van der Waals surface area contributed by atoms with Crippen molar-refractivity contribution in [2.45, 2.75) is 19.9 Å². The summed E-state index contributed by atoms with van der Waals surface area (Å²) in [5, 5.41) is 4.31. The van der Waals surface area contributed by atoms with Gasteiger partial charge in [0.05, 0.1) is 19.7 Å². The molecule has 0 unspecified atom stereocenters. The molecule has 2 aromatic rings. The number of hydrogen-bond acceptors (Lipinski definition) is 4. The van der Waals surface area contributed by atoms with Crippen molar-refractivity contribution in [3.05, 3.63) is 24.3 Å². The standard InChI is InChI=1S/C14H18N2O2/c1-9(2)15-14-6-5-10-7-12(17-3)13(18-4)8-11(10)16-14/h5-9H,1-4H3,(H,15,16). The fraction of sp³-hybridized carbons (Fsp3) is 0.357. The van der Waals surface area contributed by atoms with Crippen molar-refractivity contribution in [1.82, 2.24) is 4.98 Å². The Labute approximate surface area is 107 Å². The molecule has 18 heavy (non-hydrogen) atoms. The van der Waals surface area contributed by atoms with Crippen LogP contribution in [-0.2, 0) is 0 Å². The average Bonchev–Trinajstić information content (AvgIpc) is 2.36. The number of pyridine rings is 1. The first-order chi connectivity index (χ1) is 8.63. The molecule has 0 amide bonds. The van der Waals surface area contributed by atoms with E-state index in [2.05, 4.69) is 24.1 Å². The predicted molar refractivity (Wildman–Crippen MR) is 73.6 cm³/mol. The third kappa shape index (κ3) is 2.47. The number of fused-ring (bicyclic) bond motifs is 1. The molecule has 0 atom stereocenters. The van der Waals surface area contributed by atoms with Crippen molar-refractivity contribution >= 4 is 16.7 Å².